The summed E-state index contributed by atoms with van der Waals surface area (Å²) in [6.45, 7) is 4.78. The van der Waals surface area contributed by atoms with Crippen LogP contribution in [0, 0.1) is 0 Å². The SMILES string of the molecule is OCC[NH+]1CCN(C(=S)Nc2cc(Cl)cc(Cl)c2)CC1. The summed E-state index contributed by atoms with van der Waals surface area (Å²) in [5, 5.41) is 14.0. The van der Waals surface area contributed by atoms with Crippen molar-refractivity contribution >= 4 is 46.2 Å². The van der Waals surface area contributed by atoms with E-state index in [4.69, 9.17) is 40.5 Å². The van der Waals surface area contributed by atoms with E-state index in [-0.39, 0.29) is 6.61 Å². The summed E-state index contributed by atoms with van der Waals surface area (Å²) >= 11 is 17.3. The van der Waals surface area contributed by atoms with Gasteiger partial charge < -0.3 is 20.2 Å². The van der Waals surface area contributed by atoms with Gasteiger partial charge in [0.15, 0.2) is 5.11 Å². The molecule has 0 bridgehead atoms. The van der Waals surface area contributed by atoms with Crippen molar-refractivity contribution in [3.8, 4) is 0 Å². The second kappa shape index (κ2) is 7.43. The van der Waals surface area contributed by atoms with Crippen molar-refractivity contribution in [3.05, 3.63) is 28.2 Å². The minimum Gasteiger partial charge on any atom is -0.391 e. The van der Waals surface area contributed by atoms with Gasteiger partial charge in [-0.05, 0) is 30.4 Å². The van der Waals surface area contributed by atoms with Crippen LogP contribution in [0.15, 0.2) is 18.2 Å². The first-order valence-corrected chi connectivity index (χ1v) is 7.71. The number of benzene rings is 1. The molecule has 0 atom stereocenters. The van der Waals surface area contributed by atoms with Gasteiger partial charge in [-0.1, -0.05) is 23.2 Å². The van der Waals surface area contributed by atoms with E-state index in [2.05, 4.69) is 10.2 Å². The van der Waals surface area contributed by atoms with Gasteiger partial charge in [-0.15, -0.1) is 0 Å². The fraction of sp³-hybridized carbons (Fsp3) is 0.462. The van der Waals surface area contributed by atoms with E-state index in [1.165, 1.54) is 4.90 Å². The number of anilines is 1. The molecule has 0 aromatic heterocycles. The highest BCUT2D eigenvalue weighted by molar-refractivity contribution is 7.80. The molecule has 1 aliphatic heterocycles. The molecule has 1 heterocycles. The molecule has 1 aromatic rings. The Balaban J connectivity index is 1.89. The Bertz CT molecular complexity index is 458. The largest absolute Gasteiger partial charge is 0.391 e. The number of thiocarbonyl (C=S) groups is 1. The average molecular weight is 335 g/mol. The summed E-state index contributed by atoms with van der Waals surface area (Å²) in [7, 11) is 0. The zero-order valence-corrected chi connectivity index (χ0v) is 13.4. The molecular weight excluding hydrogens is 317 g/mol. The second-order valence-corrected chi connectivity index (χ2v) is 6.06. The van der Waals surface area contributed by atoms with Crippen LogP contribution in [-0.2, 0) is 0 Å². The number of rotatable bonds is 3. The maximum Gasteiger partial charge on any atom is 0.173 e. The number of hydrogen-bond donors (Lipinski definition) is 3. The van der Waals surface area contributed by atoms with Crippen LogP contribution in [0.25, 0.3) is 0 Å². The molecule has 110 valence electrons. The fourth-order valence-electron chi connectivity index (χ4n) is 2.26. The highest BCUT2D eigenvalue weighted by Crippen LogP contribution is 2.22. The monoisotopic (exact) mass is 334 g/mol. The van der Waals surface area contributed by atoms with Crippen molar-refractivity contribution in [1.29, 1.82) is 0 Å². The quantitative estimate of drug-likeness (QED) is 0.718. The van der Waals surface area contributed by atoms with E-state index in [0.717, 1.165) is 38.4 Å². The summed E-state index contributed by atoms with van der Waals surface area (Å²) in [6, 6.07) is 5.29. The van der Waals surface area contributed by atoms with E-state index in [0.29, 0.717) is 15.2 Å². The lowest BCUT2D eigenvalue weighted by Gasteiger charge is -2.33. The molecule has 1 aromatic carbocycles. The predicted octanol–water partition coefficient (Wildman–Crippen LogP) is 0.883. The molecule has 1 saturated heterocycles. The van der Waals surface area contributed by atoms with Crippen LogP contribution in [0.4, 0.5) is 5.69 Å². The first-order chi connectivity index (χ1) is 9.58. The summed E-state index contributed by atoms with van der Waals surface area (Å²) in [5.74, 6) is 0. The molecule has 20 heavy (non-hydrogen) atoms. The van der Waals surface area contributed by atoms with Gasteiger partial charge in [0.1, 0.15) is 6.54 Å². The topological polar surface area (TPSA) is 39.9 Å². The fourth-order valence-corrected chi connectivity index (χ4v) is 3.09. The average Bonchev–Trinajstić information content (AvgIpc) is 2.38. The van der Waals surface area contributed by atoms with E-state index in [1.54, 1.807) is 18.2 Å². The first kappa shape index (κ1) is 15.8. The molecule has 0 spiro atoms. The van der Waals surface area contributed by atoms with Crippen molar-refractivity contribution in [1.82, 2.24) is 4.90 Å². The number of aliphatic hydroxyl groups is 1. The summed E-state index contributed by atoms with van der Waals surface area (Å²) in [6.07, 6.45) is 0. The number of piperazine rings is 1. The Labute approximate surface area is 134 Å². The van der Waals surface area contributed by atoms with Gasteiger partial charge in [0, 0.05) is 15.7 Å². The first-order valence-electron chi connectivity index (χ1n) is 6.55. The van der Waals surface area contributed by atoms with Gasteiger partial charge in [0.25, 0.3) is 0 Å². The summed E-state index contributed by atoms with van der Waals surface area (Å²) in [4.78, 5) is 3.54. The molecule has 3 N–H and O–H groups in total. The Morgan fingerprint density at radius 3 is 2.40 bits per heavy atom. The van der Waals surface area contributed by atoms with Crippen molar-refractivity contribution < 1.29 is 10.0 Å². The van der Waals surface area contributed by atoms with Gasteiger partial charge >= 0.3 is 0 Å². The molecule has 0 unspecified atom stereocenters. The lowest BCUT2D eigenvalue weighted by Crippen LogP contribution is -3.15. The van der Waals surface area contributed by atoms with Crippen molar-refractivity contribution in [2.75, 3.05) is 44.6 Å². The van der Waals surface area contributed by atoms with E-state index in [1.807, 2.05) is 0 Å². The standard InChI is InChI=1S/C13H17Cl2N3OS/c14-10-7-11(15)9-12(8-10)16-13(20)18-3-1-17(2-4-18)5-6-19/h7-9,19H,1-6H2,(H,16,20)/p+1. The number of nitrogens with one attached hydrogen (secondary N) is 2. The third-order valence-electron chi connectivity index (χ3n) is 3.34. The molecule has 0 saturated carbocycles. The summed E-state index contributed by atoms with van der Waals surface area (Å²) in [5.41, 5.74) is 0.803. The molecular formula is C13H18Cl2N3OS+. The Morgan fingerprint density at radius 1 is 1.25 bits per heavy atom. The normalized spacial score (nSPS) is 16.2. The number of hydrogen-bond acceptors (Lipinski definition) is 2. The van der Waals surface area contributed by atoms with Crippen molar-refractivity contribution in [3.63, 3.8) is 0 Å². The summed E-state index contributed by atoms with van der Waals surface area (Å²) < 4.78 is 0. The van der Waals surface area contributed by atoms with Crippen LogP contribution in [0.1, 0.15) is 0 Å². The predicted molar refractivity (Wildman–Crippen MR) is 86.9 cm³/mol. The maximum atomic E-state index is 8.94. The van der Waals surface area contributed by atoms with Crippen molar-refractivity contribution in [2.24, 2.45) is 0 Å². The molecule has 0 amide bonds. The zero-order valence-electron chi connectivity index (χ0n) is 11.0. The van der Waals surface area contributed by atoms with Crippen LogP contribution in [0.2, 0.25) is 10.0 Å². The number of nitrogens with zero attached hydrogens (tertiary/aromatic N) is 1. The highest BCUT2D eigenvalue weighted by Gasteiger charge is 2.21. The Kier molecular flexibility index (Phi) is 5.86. The van der Waals surface area contributed by atoms with Crippen molar-refractivity contribution in [2.45, 2.75) is 0 Å². The number of quaternary nitrogens is 1. The number of halogens is 2. The van der Waals surface area contributed by atoms with Gasteiger partial charge in [-0.25, -0.2) is 0 Å². The molecule has 1 aliphatic rings. The molecule has 4 nitrogen and oxygen atoms in total. The lowest BCUT2D eigenvalue weighted by molar-refractivity contribution is -0.904. The second-order valence-electron chi connectivity index (χ2n) is 4.80. The smallest absolute Gasteiger partial charge is 0.173 e. The number of aliphatic hydroxyl groups excluding tert-OH is 1. The van der Waals surface area contributed by atoms with Crippen LogP contribution in [0.3, 0.4) is 0 Å². The third kappa shape index (κ3) is 4.46. The van der Waals surface area contributed by atoms with E-state index in [9.17, 15) is 0 Å². The minimum atomic E-state index is 0.235. The van der Waals surface area contributed by atoms with Gasteiger partial charge in [-0.3, -0.25) is 0 Å². The molecule has 7 heteroatoms. The van der Waals surface area contributed by atoms with E-state index >= 15 is 0 Å². The minimum absolute atomic E-state index is 0.235. The van der Waals surface area contributed by atoms with Gasteiger partial charge in [0.05, 0.1) is 32.8 Å². The van der Waals surface area contributed by atoms with Gasteiger partial charge in [-0.2, -0.15) is 0 Å². The molecule has 1 fully saturated rings. The van der Waals surface area contributed by atoms with Crippen LogP contribution >= 0.6 is 35.4 Å². The highest BCUT2D eigenvalue weighted by atomic mass is 35.5. The van der Waals surface area contributed by atoms with Crippen LogP contribution in [-0.4, -0.2) is 54.4 Å². The Hall–Kier alpha value is -0.590. The van der Waals surface area contributed by atoms with Crippen LogP contribution in [0.5, 0.6) is 0 Å². The van der Waals surface area contributed by atoms with Crippen LogP contribution < -0.4 is 10.2 Å². The molecule has 0 radical (unpaired) electrons. The third-order valence-corrected chi connectivity index (χ3v) is 4.13. The maximum absolute atomic E-state index is 8.94. The van der Waals surface area contributed by atoms with E-state index < -0.39 is 0 Å². The molecule has 2 rings (SSSR count). The Morgan fingerprint density at radius 2 is 1.85 bits per heavy atom. The zero-order chi connectivity index (χ0) is 14.5. The lowest BCUT2D eigenvalue weighted by atomic mass is 10.3. The van der Waals surface area contributed by atoms with Gasteiger partial charge in [0.2, 0.25) is 0 Å². The molecule has 0 aliphatic carbocycles.